The molecule has 2 bridgehead atoms. The highest BCUT2D eigenvalue weighted by Gasteiger charge is 2.62. The molecule has 18 heavy (non-hydrogen) atoms. The van der Waals surface area contributed by atoms with Crippen molar-refractivity contribution in [3.8, 4) is 5.88 Å². The highest BCUT2D eigenvalue weighted by Crippen LogP contribution is 2.66. The largest absolute Gasteiger partial charge is 0.474 e. The van der Waals surface area contributed by atoms with Crippen molar-refractivity contribution in [3.05, 3.63) is 18.3 Å². The van der Waals surface area contributed by atoms with Gasteiger partial charge in [-0.1, -0.05) is 20.8 Å². The number of nitrogens with zero attached hydrogens (tertiary/aromatic N) is 1. The standard InChI is InChI=1S/C15H22N2O/c1-14(2)10-6-7-15(14,3)12(8-10)18-13-5-4-11(16)9-17-13/h4-5,9-10,12H,6-8,16H2,1-3H3. The van der Waals surface area contributed by atoms with E-state index in [1.807, 2.05) is 12.1 Å². The van der Waals surface area contributed by atoms with Gasteiger partial charge < -0.3 is 10.5 Å². The summed E-state index contributed by atoms with van der Waals surface area (Å²) in [6, 6.07) is 3.72. The van der Waals surface area contributed by atoms with Crippen LogP contribution in [-0.2, 0) is 0 Å². The first kappa shape index (κ1) is 11.8. The number of hydrogen-bond donors (Lipinski definition) is 1. The van der Waals surface area contributed by atoms with E-state index in [0.717, 1.165) is 12.3 Å². The normalized spacial score (nSPS) is 36.8. The van der Waals surface area contributed by atoms with Crippen LogP contribution in [0, 0.1) is 16.7 Å². The van der Waals surface area contributed by atoms with Gasteiger partial charge in [0.05, 0.1) is 11.9 Å². The molecular weight excluding hydrogens is 224 g/mol. The molecule has 2 aliphatic carbocycles. The van der Waals surface area contributed by atoms with E-state index in [0.29, 0.717) is 23.1 Å². The van der Waals surface area contributed by atoms with Crippen molar-refractivity contribution in [2.45, 2.75) is 46.1 Å². The van der Waals surface area contributed by atoms with Crippen molar-refractivity contribution < 1.29 is 4.74 Å². The number of fused-ring (bicyclic) bond motifs is 2. The third kappa shape index (κ3) is 1.46. The number of ether oxygens (including phenoxy) is 1. The van der Waals surface area contributed by atoms with Crippen LogP contribution >= 0.6 is 0 Å². The maximum atomic E-state index is 6.14. The Labute approximate surface area is 109 Å². The maximum absolute atomic E-state index is 6.14. The molecule has 1 heterocycles. The number of pyridine rings is 1. The molecule has 2 saturated carbocycles. The third-order valence-corrected chi connectivity index (χ3v) is 5.74. The van der Waals surface area contributed by atoms with Crippen molar-refractivity contribution >= 4 is 5.69 Å². The highest BCUT2D eigenvalue weighted by atomic mass is 16.5. The topological polar surface area (TPSA) is 48.1 Å². The van der Waals surface area contributed by atoms with Gasteiger partial charge in [-0.3, -0.25) is 0 Å². The summed E-state index contributed by atoms with van der Waals surface area (Å²) in [5.74, 6) is 1.50. The van der Waals surface area contributed by atoms with Crippen LogP contribution in [0.15, 0.2) is 18.3 Å². The van der Waals surface area contributed by atoms with Crippen molar-refractivity contribution in [1.82, 2.24) is 4.98 Å². The Bertz CT molecular complexity index is 454. The summed E-state index contributed by atoms with van der Waals surface area (Å²) in [6.07, 6.45) is 5.73. The second kappa shape index (κ2) is 3.62. The summed E-state index contributed by atoms with van der Waals surface area (Å²) in [7, 11) is 0. The lowest BCUT2D eigenvalue weighted by Gasteiger charge is -2.38. The molecule has 0 spiro atoms. The van der Waals surface area contributed by atoms with Crippen LogP contribution in [0.25, 0.3) is 0 Å². The van der Waals surface area contributed by atoms with Crippen molar-refractivity contribution in [2.24, 2.45) is 16.7 Å². The van der Waals surface area contributed by atoms with E-state index in [-0.39, 0.29) is 5.41 Å². The van der Waals surface area contributed by atoms with E-state index in [1.54, 1.807) is 6.20 Å². The van der Waals surface area contributed by atoms with Crippen LogP contribution in [-0.4, -0.2) is 11.1 Å². The fourth-order valence-electron chi connectivity index (χ4n) is 3.92. The fraction of sp³-hybridized carbons (Fsp3) is 0.667. The van der Waals surface area contributed by atoms with Crippen LogP contribution < -0.4 is 10.5 Å². The minimum Gasteiger partial charge on any atom is -0.474 e. The van der Waals surface area contributed by atoms with Gasteiger partial charge in [0.25, 0.3) is 0 Å². The number of anilines is 1. The molecule has 2 fully saturated rings. The smallest absolute Gasteiger partial charge is 0.213 e. The van der Waals surface area contributed by atoms with Gasteiger partial charge in [0.15, 0.2) is 0 Å². The number of rotatable bonds is 2. The lowest BCUT2D eigenvalue weighted by atomic mass is 9.70. The van der Waals surface area contributed by atoms with Crippen LogP contribution in [0.1, 0.15) is 40.0 Å². The molecule has 3 atom stereocenters. The Morgan fingerprint density at radius 2 is 2.11 bits per heavy atom. The summed E-state index contributed by atoms with van der Waals surface area (Å²) >= 11 is 0. The Balaban J connectivity index is 1.81. The minimum atomic E-state index is 0.279. The lowest BCUT2D eigenvalue weighted by molar-refractivity contribution is 0.0273. The summed E-state index contributed by atoms with van der Waals surface area (Å²) in [5, 5.41) is 0. The SMILES string of the molecule is CC1(C)C2CCC1(C)C(Oc1ccc(N)cn1)C2. The first-order chi connectivity index (χ1) is 8.43. The average Bonchev–Trinajstić information content (AvgIpc) is 2.65. The van der Waals surface area contributed by atoms with E-state index in [1.165, 1.54) is 12.8 Å². The minimum absolute atomic E-state index is 0.279. The lowest BCUT2D eigenvalue weighted by Crippen LogP contribution is -2.39. The predicted molar refractivity (Wildman–Crippen MR) is 72.3 cm³/mol. The molecule has 2 N–H and O–H groups in total. The predicted octanol–water partition coefficient (Wildman–Crippen LogP) is 3.26. The molecule has 2 aliphatic rings. The summed E-state index contributed by atoms with van der Waals surface area (Å²) in [4.78, 5) is 4.26. The summed E-state index contributed by atoms with van der Waals surface area (Å²) in [5.41, 5.74) is 6.99. The zero-order valence-corrected chi connectivity index (χ0v) is 11.4. The molecule has 0 aromatic carbocycles. The quantitative estimate of drug-likeness (QED) is 0.871. The van der Waals surface area contributed by atoms with E-state index in [9.17, 15) is 0 Å². The molecule has 1 aromatic heterocycles. The Hall–Kier alpha value is -1.25. The van der Waals surface area contributed by atoms with Gasteiger partial charge in [0, 0.05) is 11.5 Å². The van der Waals surface area contributed by atoms with Crippen molar-refractivity contribution in [3.63, 3.8) is 0 Å². The van der Waals surface area contributed by atoms with Gasteiger partial charge in [-0.2, -0.15) is 0 Å². The van der Waals surface area contributed by atoms with E-state index in [4.69, 9.17) is 10.5 Å². The molecule has 3 unspecified atom stereocenters. The molecule has 3 rings (SSSR count). The second-order valence-corrected chi connectivity index (χ2v) is 6.65. The zero-order valence-electron chi connectivity index (χ0n) is 11.4. The van der Waals surface area contributed by atoms with Gasteiger partial charge in [-0.25, -0.2) is 4.98 Å². The summed E-state index contributed by atoms with van der Waals surface area (Å²) in [6.45, 7) is 7.16. The number of nitrogens with two attached hydrogens (primary N) is 1. The molecule has 3 nitrogen and oxygen atoms in total. The molecule has 0 saturated heterocycles. The second-order valence-electron chi connectivity index (χ2n) is 6.65. The highest BCUT2D eigenvalue weighted by molar-refractivity contribution is 5.36. The molecule has 0 amide bonds. The Kier molecular flexibility index (Phi) is 2.38. The van der Waals surface area contributed by atoms with Gasteiger partial charge in [0.1, 0.15) is 6.10 Å². The molecule has 0 aliphatic heterocycles. The molecule has 3 heteroatoms. The van der Waals surface area contributed by atoms with E-state index >= 15 is 0 Å². The van der Waals surface area contributed by atoms with Gasteiger partial charge in [-0.05, 0) is 36.7 Å². The Morgan fingerprint density at radius 3 is 2.61 bits per heavy atom. The molecule has 0 radical (unpaired) electrons. The van der Waals surface area contributed by atoms with Gasteiger partial charge in [-0.15, -0.1) is 0 Å². The first-order valence-corrected chi connectivity index (χ1v) is 6.82. The Morgan fingerprint density at radius 1 is 1.33 bits per heavy atom. The monoisotopic (exact) mass is 246 g/mol. The van der Waals surface area contributed by atoms with E-state index in [2.05, 4.69) is 25.8 Å². The number of aromatic nitrogens is 1. The van der Waals surface area contributed by atoms with Crippen LogP contribution in [0.3, 0.4) is 0 Å². The third-order valence-electron chi connectivity index (χ3n) is 5.74. The van der Waals surface area contributed by atoms with Crippen LogP contribution in [0.4, 0.5) is 5.69 Å². The fourth-order valence-corrected chi connectivity index (χ4v) is 3.92. The van der Waals surface area contributed by atoms with E-state index < -0.39 is 0 Å². The van der Waals surface area contributed by atoms with Crippen LogP contribution in [0.2, 0.25) is 0 Å². The first-order valence-electron chi connectivity index (χ1n) is 6.82. The van der Waals surface area contributed by atoms with Gasteiger partial charge in [0.2, 0.25) is 5.88 Å². The number of hydrogen-bond acceptors (Lipinski definition) is 3. The molecule has 98 valence electrons. The van der Waals surface area contributed by atoms with Crippen molar-refractivity contribution in [2.75, 3.05) is 5.73 Å². The zero-order chi connectivity index (χ0) is 13.0. The summed E-state index contributed by atoms with van der Waals surface area (Å²) < 4.78 is 6.14. The van der Waals surface area contributed by atoms with Crippen molar-refractivity contribution in [1.29, 1.82) is 0 Å². The maximum Gasteiger partial charge on any atom is 0.213 e. The van der Waals surface area contributed by atoms with Gasteiger partial charge >= 0.3 is 0 Å². The average molecular weight is 246 g/mol. The van der Waals surface area contributed by atoms with Crippen LogP contribution in [0.5, 0.6) is 5.88 Å². The molecular formula is C15H22N2O. The molecule has 1 aromatic rings. The number of nitrogen functional groups attached to an aromatic ring is 1.